The van der Waals surface area contributed by atoms with Crippen LogP contribution in [0.2, 0.25) is 0 Å². The average molecular weight is 351 g/mol. The molecule has 5 nitrogen and oxygen atoms in total. The average Bonchev–Trinajstić information content (AvgIpc) is 3.45. The van der Waals surface area contributed by atoms with Crippen LogP contribution in [0.25, 0.3) is 0 Å². The van der Waals surface area contributed by atoms with Crippen molar-refractivity contribution in [2.75, 3.05) is 5.32 Å². The number of carbonyl (C=O) groups excluding carboxylic acids is 2. The zero-order valence-corrected chi connectivity index (χ0v) is 15.2. The van der Waals surface area contributed by atoms with E-state index in [4.69, 9.17) is 5.73 Å². The van der Waals surface area contributed by atoms with Crippen molar-refractivity contribution in [3.05, 3.63) is 65.2 Å². The van der Waals surface area contributed by atoms with Crippen LogP contribution in [0.4, 0.5) is 10.5 Å². The van der Waals surface area contributed by atoms with Gasteiger partial charge in [-0.25, -0.2) is 4.79 Å². The van der Waals surface area contributed by atoms with Crippen LogP contribution in [-0.4, -0.2) is 11.9 Å². The molecule has 0 saturated heterocycles. The molecule has 136 valence electrons. The largest absolute Gasteiger partial charge is 0.351 e. The molecule has 5 heteroatoms. The summed E-state index contributed by atoms with van der Waals surface area (Å²) in [6.45, 7) is 4.29. The number of hydrogen-bond acceptors (Lipinski definition) is 2. The normalized spacial score (nSPS) is 14.7. The minimum Gasteiger partial charge on any atom is -0.351 e. The molecule has 3 rings (SSSR count). The highest BCUT2D eigenvalue weighted by atomic mass is 16.2. The fourth-order valence-electron chi connectivity index (χ4n) is 3.01. The Kier molecular flexibility index (Phi) is 5.26. The maximum Gasteiger partial charge on any atom is 0.316 e. The zero-order chi connectivity index (χ0) is 18.7. The van der Waals surface area contributed by atoms with Gasteiger partial charge in [-0.15, -0.1) is 0 Å². The molecule has 1 aliphatic rings. The number of hydrogen-bond donors (Lipinski definition) is 3. The third kappa shape index (κ3) is 4.23. The van der Waals surface area contributed by atoms with Gasteiger partial charge < -0.3 is 16.4 Å². The van der Waals surface area contributed by atoms with Gasteiger partial charge in [0.15, 0.2) is 0 Å². The van der Waals surface area contributed by atoms with Gasteiger partial charge in [-0.05, 0) is 36.0 Å². The first kappa shape index (κ1) is 18.0. The fraction of sp³-hybridized carbons (Fsp3) is 0.333. The Morgan fingerprint density at radius 2 is 1.62 bits per heavy atom. The topological polar surface area (TPSA) is 84.2 Å². The van der Waals surface area contributed by atoms with Crippen LogP contribution in [0.1, 0.15) is 55.3 Å². The summed E-state index contributed by atoms with van der Waals surface area (Å²) in [5.41, 5.74) is 8.94. The molecule has 0 aromatic heterocycles. The number of nitrogens with two attached hydrogens (primary N) is 1. The molecular weight excluding hydrogens is 326 g/mol. The lowest BCUT2D eigenvalue weighted by Gasteiger charge is -2.23. The van der Waals surface area contributed by atoms with Crippen molar-refractivity contribution in [2.24, 2.45) is 11.7 Å². The summed E-state index contributed by atoms with van der Waals surface area (Å²) in [5.74, 6) is 0.591. The fourth-order valence-corrected chi connectivity index (χ4v) is 3.01. The molecule has 0 heterocycles. The first-order valence-electron chi connectivity index (χ1n) is 9.01. The summed E-state index contributed by atoms with van der Waals surface area (Å²) in [7, 11) is 0. The number of nitrogens with one attached hydrogen (secondary N) is 2. The summed E-state index contributed by atoms with van der Waals surface area (Å²) in [6.07, 6.45) is 1.87. The van der Waals surface area contributed by atoms with Crippen molar-refractivity contribution >= 4 is 17.6 Å². The monoisotopic (exact) mass is 351 g/mol. The van der Waals surface area contributed by atoms with Crippen LogP contribution in [0.15, 0.2) is 48.5 Å². The van der Waals surface area contributed by atoms with E-state index in [-0.39, 0.29) is 17.9 Å². The Morgan fingerprint density at radius 1 is 1.00 bits per heavy atom. The number of carbonyl (C=O) groups is 2. The highest BCUT2D eigenvalue weighted by molar-refractivity contribution is 5.89. The number of benzene rings is 2. The third-order valence-corrected chi connectivity index (χ3v) is 4.70. The van der Waals surface area contributed by atoms with Crippen molar-refractivity contribution in [1.82, 2.24) is 5.32 Å². The van der Waals surface area contributed by atoms with E-state index in [1.54, 1.807) is 6.07 Å². The first-order valence-corrected chi connectivity index (χ1v) is 9.01. The van der Waals surface area contributed by atoms with Gasteiger partial charge in [0, 0.05) is 17.2 Å². The van der Waals surface area contributed by atoms with Gasteiger partial charge in [0.25, 0.3) is 0 Å². The van der Waals surface area contributed by atoms with Gasteiger partial charge in [-0.3, -0.25) is 4.79 Å². The summed E-state index contributed by atoms with van der Waals surface area (Å²) in [6, 6.07) is 14.7. The van der Waals surface area contributed by atoms with Crippen LogP contribution in [-0.2, 0) is 4.79 Å². The Morgan fingerprint density at radius 3 is 2.19 bits per heavy atom. The van der Waals surface area contributed by atoms with Gasteiger partial charge in [0.1, 0.15) is 0 Å². The smallest absolute Gasteiger partial charge is 0.316 e. The molecule has 4 N–H and O–H groups in total. The molecule has 3 amide bonds. The summed E-state index contributed by atoms with van der Waals surface area (Å²) < 4.78 is 0. The number of urea groups is 1. The molecule has 0 bridgehead atoms. The highest BCUT2D eigenvalue weighted by Crippen LogP contribution is 2.33. The van der Waals surface area contributed by atoms with Crippen LogP contribution in [0.3, 0.4) is 0 Å². The molecule has 1 saturated carbocycles. The lowest BCUT2D eigenvalue weighted by Crippen LogP contribution is -2.31. The number of anilines is 1. The van der Waals surface area contributed by atoms with Crippen LogP contribution in [0.5, 0.6) is 0 Å². The molecule has 0 radical (unpaired) electrons. The second-order valence-electron chi connectivity index (χ2n) is 7.11. The predicted octanol–water partition coefficient (Wildman–Crippen LogP) is 3.92. The SMILES string of the molecule is CC(C)c1ccc([C@@H](NC(=O)C2CC2)c2ccccc2NC(N)=O)cc1. The van der Waals surface area contributed by atoms with Crippen molar-refractivity contribution in [3.63, 3.8) is 0 Å². The molecule has 2 aromatic rings. The Labute approximate surface area is 154 Å². The maximum absolute atomic E-state index is 12.4. The van der Waals surface area contributed by atoms with Crippen LogP contribution in [0, 0.1) is 5.92 Å². The van der Waals surface area contributed by atoms with Crippen molar-refractivity contribution in [2.45, 2.75) is 38.6 Å². The molecule has 1 fully saturated rings. The molecule has 1 aliphatic carbocycles. The van der Waals surface area contributed by atoms with E-state index in [9.17, 15) is 9.59 Å². The maximum atomic E-state index is 12.4. The van der Waals surface area contributed by atoms with Crippen LogP contribution < -0.4 is 16.4 Å². The number of primary amides is 1. The second-order valence-corrected chi connectivity index (χ2v) is 7.11. The Balaban J connectivity index is 1.98. The lowest BCUT2D eigenvalue weighted by molar-refractivity contribution is -0.122. The molecule has 0 spiro atoms. The predicted molar refractivity (Wildman–Crippen MR) is 103 cm³/mol. The molecule has 0 aliphatic heterocycles. The quantitative estimate of drug-likeness (QED) is 0.737. The van der Waals surface area contributed by atoms with Crippen molar-refractivity contribution in [3.8, 4) is 0 Å². The minimum atomic E-state index is -0.625. The molecule has 1 atom stereocenters. The van der Waals surface area contributed by atoms with E-state index >= 15 is 0 Å². The van der Waals surface area contributed by atoms with Crippen molar-refractivity contribution in [1.29, 1.82) is 0 Å². The molecule has 2 aromatic carbocycles. The van der Waals surface area contributed by atoms with E-state index in [2.05, 4.69) is 36.6 Å². The zero-order valence-electron chi connectivity index (χ0n) is 15.2. The third-order valence-electron chi connectivity index (χ3n) is 4.70. The van der Waals surface area contributed by atoms with E-state index in [1.165, 1.54) is 5.56 Å². The second kappa shape index (κ2) is 7.60. The van der Waals surface area contributed by atoms with Gasteiger partial charge in [0.05, 0.1) is 6.04 Å². The summed E-state index contributed by atoms with van der Waals surface area (Å²) >= 11 is 0. The van der Waals surface area contributed by atoms with Crippen LogP contribution >= 0.6 is 0 Å². The number of para-hydroxylation sites is 1. The number of rotatable bonds is 6. The molecule has 0 unspecified atom stereocenters. The van der Waals surface area contributed by atoms with Crippen molar-refractivity contribution < 1.29 is 9.59 Å². The Hall–Kier alpha value is -2.82. The summed E-state index contributed by atoms with van der Waals surface area (Å²) in [5, 5.41) is 5.80. The number of amides is 3. The molecular formula is C21H25N3O2. The van der Waals surface area contributed by atoms with E-state index in [0.29, 0.717) is 11.6 Å². The van der Waals surface area contributed by atoms with Gasteiger partial charge >= 0.3 is 6.03 Å². The highest BCUT2D eigenvalue weighted by Gasteiger charge is 2.32. The standard InChI is InChI=1S/C21H25N3O2/c1-13(2)14-7-9-15(10-8-14)19(24-20(25)16-11-12-16)17-5-3-4-6-18(17)23-21(22)26/h3-10,13,16,19H,11-12H2,1-2H3,(H,24,25)(H3,22,23,26)/t19-/m1/s1. The van der Waals surface area contributed by atoms with E-state index in [0.717, 1.165) is 24.0 Å². The summed E-state index contributed by atoms with van der Waals surface area (Å²) in [4.78, 5) is 23.8. The minimum absolute atomic E-state index is 0.0526. The van der Waals surface area contributed by atoms with Gasteiger partial charge in [0.2, 0.25) is 5.91 Å². The Bertz CT molecular complexity index is 795. The lowest BCUT2D eigenvalue weighted by atomic mass is 9.94. The first-order chi connectivity index (χ1) is 12.5. The van der Waals surface area contributed by atoms with Gasteiger partial charge in [-0.2, -0.15) is 0 Å². The van der Waals surface area contributed by atoms with E-state index < -0.39 is 6.03 Å². The molecule has 26 heavy (non-hydrogen) atoms. The van der Waals surface area contributed by atoms with E-state index in [1.807, 2.05) is 30.3 Å². The van der Waals surface area contributed by atoms with Gasteiger partial charge in [-0.1, -0.05) is 56.3 Å².